The third-order valence-electron chi connectivity index (χ3n) is 7.92. The SMILES string of the molecule is Cc1cc2nc(-c3ccc4c(c3)ncn4C3CCN(C)CC3)sc2c(-c2ccc(Cl)cc2)c1[C@H](OC(C)(C)C)C(=O)O. The molecule has 1 aliphatic heterocycles. The average molecular weight is 603 g/mol. The zero-order valence-electron chi connectivity index (χ0n) is 24.5. The number of rotatable bonds is 6. The van der Waals surface area contributed by atoms with E-state index < -0.39 is 17.7 Å². The van der Waals surface area contributed by atoms with Crippen LogP contribution in [0, 0.1) is 6.92 Å². The Balaban J connectivity index is 1.48. The van der Waals surface area contributed by atoms with Crippen molar-refractivity contribution < 1.29 is 14.6 Å². The Morgan fingerprint density at radius 2 is 1.76 bits per heavy atom. The molecule has 1 N–H and O–H groups in total. The zero-order chi connectivity index (χ0) is 29.8. The number of hydrogen-bond acceptors (Lipinski definition) is 6. The lowest BCUT2D eigenvalue weighted by Crippen LogP contribution is -2.31. The molecule has 42 heavy (non-hydrogen) atoms. The summed E-state index contributed by atoms with van der Waals surface area (Å²) < 4.78 is 9.37. The van der Waals surface area contributed by atoms with Crippen LogP contribution in [-0.4, -0.2) is 56.2 Å². The van der Waals surface area contributed by atoms with Gasteiger partial charge < -0.3 is 19.3 Å². The van der Waals surface area contributed by atoms with Gasteiger partial charge >= 0.3 is 5.97 Å². The van der Waals surface area contributed by atoms with E-state index in [2.05, 4.69) is 34.7 Å². The molecule has 3 heterocycles. The molecular weight excluding hydrogens is 568 g/mol. The first-order valence-corrected chi connectivity index (χ1v) is 15.4. The van der Waals surface area contributed by atoms with Gasteiger partial charge in [-0.25, -0.2) is 14.8 Å². The number of benzene rings is 3. The number of thiazole rings is 1. The van der Waals surface area contributed by atoms with E-state index in [-0.39, 0.29) is 0 Å². The van der Waals surface area contributed by atoms with Crippen LogP contribution in [0.2, 0.25) is 5.02 Å². The molecule has 2 aromatic heterocycles. The molecule has 1 fully saturated rings. The molecule has 1 saturated heterocycles. The fourth-order valence-electron chi connectivity index (χ4n) is 5.89. The van der Waals surface area contributed by atoms with E-state index in [4.69, 9.17) is 26.3 Å². The average Bonchev–Trinajstić information content (AvgIpc) is 3.55. The summed E-state index contributed by atoms with van der Waals surface area (Å²) in [6.07, 6.45) is 3.06. The summed E-state index contributed by atoms with van der Waals surface area (Å²) in [7, 11) is 2.18. The van der Waals surface area contributed by atoms with Crippen molar-refractivity contribution in [1.29, 1.82) is 0 Å². The molecule has 6 rings (SSSR count). The van der Waals surface area contributed by atoms with Crippen LogP contribution in [0.25, 0.3) is 42.9 Å². The first kappa shape index (κ1) is 28.8. The summed E-state index contributed by atoms with van der Waals surface area (Å²) in [5, 5.41) is 11.8. The predicted molar refractivity (Wildman–Crippen MR) is 171 cm³/mol. The summed E-state index contributed by atoms with van der Waals surface area (Å²) >= 11 is 7.80. The molecule has 0 bridgehead atoms. The highest BCUT2D eigenvalue weighted by Crippen LogP contribution is 2.44. The minimum Gasteiger partial charge on any atom is -0.479 e. The van der Waals surface area contributed by atoms with E-state index in [1.54, 1.807) is 11.3 Å². The van der Waals surface area contributed by atoms with Crippen molar-refractivity contribution in [2.24, 2.45) is 0 Å². The first-order valence-electron chi connectivity index (χ1n) is 14.2. The normalized spacial score (nSPS) is 16.0. The molecule has 1 atom stereocenters. The molecule has 0 amide bonds. The molecule has 0 spiro atoms. The van der Waals surface area contributed by atoms with E-state index >= 15 is 0 Å². The number of halogens is 1. The van der Waals surface area contributed by atoms with Crippen LogP contribution in [0.1, 0.15) is 56.9 Å². The Morgan fingerprint density at radius 3 is 2.43 bits per heavy atom. The number of hydrogen-bond donors (Lipinski definition) is 1. The number of ether oxygens (including phenoxy) is 1. The predicted octanol–water partition coefficient (Wildman–Crippen LogP) is 8.15. The number of carbonyl (C=O) groups is 1. The standard InChI is InChI=1S/C33H35ClN4O3S/c1-19-16-25-30(28(20-6-9-22(34)10-7-20)27(19)29(32(39)40)41-33(2,3)4)42-31(36-25)21-8-11-26-24(17-21)35-18-38(26)23-12-14-37(5)15-13-23/h6-11,16-18,23,29H,12-15H2,1-5H3,(H,39,40)/t29-/m0/s1. The van der Waals surface area contributed by atoms with Crippen molar-refractivity contribution >= 4 is 50.2 Å². The maximum atomic E-state index is 12.6. The van der Waals surface area contributed by atoms with E-state index in [0.29, 0.717) is 16.6 Å². The van der Waals surface area contributed by atoms with E-state index in [0.717, 1.165) is 74.4 Å². The van der Waals surface area contributed by atoms with Gasteiger partial charge in [-0.05, 0) is 108 Å². The number of piperidine rings is 1. The fourth-order valence-corrected chi connectivity index (χ4v) is 7.14. The molecular formula is C33H35ClN4O3S. The quantitative estimate of drug-likeness (QED) is 0.211. The summed E-state index contributed by atoms with van der Waals surface area (Å²) in [5.41, 5.74) is 6.36. The minimum atomic E-state index is -1.15. The molecule has 0 saturated carbocycles. The highest BCUT2D eigenvalue weighted by molar-refractivity contribution is 7.22. The van der Waals surface area contributed by atoms with Gasteiger partial charge in [0.05, 0.1) is 33.2 Å². The number of nitrogens with zero attached hydrogens (tertiary/aromatic N) is 4. The number of aryl methyl sites for hydroxylation is 1. The van der Waals surface area contributed by atoms with Crippen LogP contribution < -0.4 is 0 Å². The second-order valence-corrected chi connectivity index (χ2v) is 13.6. The monoisotopic (exact) mass is 602 g/mol. The Kier molecular flexibility index (Phi) is 7.60. The molecule has 1 aliphatic rings. The smallest absolute Gasteiger partial charge is 0.337 e. The highest BCUT2D eigenvalue weighted by atomic mass is 35.5. The van der Waals surface area contributed by atoms with Crippen LogP contribution >= 0.6 is 22.9 Å². The third-order valence-corrected chi connectivity index (χ3v) is 9.31. The molecule has 9 heteroatoms. The van der Waals surface area contributed by atoms with E-state index in [9.17, 15) is 9.90 Å². The van der Waals surface area contributed by atoms with Gasteiger partial charge in [0, 0.05) is 27.8 Å². The largest absolute Gasteiger partial charge is 0.479 e. The maximum absolute atomic E-state index is 12.6. The zero-order valence-corrected chi connectivity index (χ0v) is 26.1. The number of likely N-dealkylation sites (tertiary alicyclic amines) is 1. The summed E-state index contributed by atoms with van der Waals surface area (Å²) in [5.74, 6) is -1.03. The number of aromatic nitrogens is 3. The van der Waals surface area contributed by atoms with Gasteiger partial charge in [0.25, 0.3) is 0 Å². The lowest BCUT2D eigenvalue weighted by atomic mass is 9.91. The third kappa shape index (κ3) is 5.56. The van der Waals surface area contributed by atoms with Crippen molar-refractivity contribution in [2.45, 2.75) is 58.3 Å². The van der Waals surface area contributed by atoms with Gasteiger partial charge in [0.2, 0.25) is 0 Å². The molecule has 5 aromatic rings. The highest BCUT2D eigenvalue weighted by Gasteiger charge is 2.32. The minimum absolute atomic E-state index is 0.459. The number of fused-ring (bicyclic) bond motifs is 2. The second kappa shape index (κ2) is 11.1. The van der Waals surface area contributed by atoms with Crippen LogP contribution in [0.5, 0.6) is 0 Å². The van der Waals surface area contributed by atoms with Crippen molar-refractivity contribution in [3.63, 3.8) is 0 Å². The molecule has 218 valence electrons. The van der Waals surface area contributed by atoms with Crippen LogP contribution in [0.15, 0.2) is 54.9 Å². The second-order valence-electron chi connectivity index (χ2n) is 12.2. The Hall–Kier alpha value is -3.30. The Labute approximate surface area is 254 Å². The summed E-state index contributed by atoms with van der Waals surface area (Å²) in [6.45, 7) is 9.72. The molecule has 0 aliphatic carbocycles. The van der Waals surface area contributed by atoms with Crippen LogP contribution in [0.3, 0.4) is 0 Å². The van der Waals surface area contributed by atoms with E-state index in [1.165, 1.54) is 0 Å². The molecule has 0 unspecified atom stereocenters. The van der Waals surface area contributed by atoms with Gasteiger partial charge in [0.1, 0.15) is 5.01 Å². The lowest BCUT2D eigenvalue weighted by molar-refractivity contribution is -0.160. The van der Waals surface area contributed by atoms with Gasteiger partial charge in [-0.15, -0.1) is 11.3 Å². The van der Waals surface area contributed by atoms with E-state index in [1.807, 2.05) is 64.4 Å². The fraction of sp³-hybridized carbons (Fsp3) is 0.364. The number of imidazole rings is 1. The Morgan fingerprint density at radius 1 is 1.07 bits per heavy atom. The van der Waals surface area contributed by atoms with Gasteiger partial charge in [-0.3, -0.25) is 0 Å². The lowest BCUT2D eigenvalue weighted by Gasteiger charge is -2.30. The van der Waals surface area contributed by atoms with Crippen molar-refractivity contribution in [2.75, 3.05) is 20.1 Å². The number of carboxylic acids is 1. The van der Waals surface area contributed by atoms with Crippen LogP contribution in [-0.2, 0) is 9.53 Å². The van der Waals surface area contributed by atoms with Crippen LogP contribution in [0.4, 0.5) is 0 Å². The van der Waals surface area contributed by atoms with Gasteiger partial charge in [0.15, 0.2) is 6.10 Å². The molecule has 3 aromatic carbocycles. The summed E-state index contributed by atoms with van der Waals surface area (Å²) in [4.78, 5) is 24.8. The maximum Gasteiger partial charge on any atom is 0.337 e. The topological polar surface area (TPSA) is 80.5 Å². The number of aliphatic carboxylic acids is 1. The van der Waals surface area contributed by atoms with Crippen molar-refractivity contribution in [3.05, 3.63) is 71.0 Å². The van der Waals surface area contributed by atoms with Gasteiger partial charge in [-0.1, -0.05) is 23.7 Å². The van der Waals surface area contributed by atoms with Crippen molar-refractivity contribution in [1.82, 2.24) is 19.4 Å². The Bertz CT molecular complexity index is 1780. The molecule has 7 nitrogen and oxygen atoms in total. The number of carboxylic acid groups (broad SMARTS) is 1. The first-order chi connectivity index (χ1) is 20.0. The van der Waals surface area contributed by atoms with Crippen molar-refractivity contribution in [3.8, 4) is 21.7 Å². The van der Waals surface area contributed by atoms with Gasteiger partial charge in [-0.2, -0.15) is 0 Å². The summed E-state index contributed by atoms with van der Waals surface area (Å²) in [6, 6.07) is 16.3. The molecule has 0 radical (unpaired) electrons.